The molecule has 0 saturated carbocycles. The topological polar surface area (TPSA) is 67.9 Å². The van der Waals surface area contributed by atoms with Gasteiger partial charge in [-0.25, -0.2) is 0 Å². The number of amides is 1. The molecule has 0 radical (unpaired) electrons. The Bertz CT molecular complexity index is 883. The van der Waals surface area contributed by atoms with Crippen molar-refractivity contribution in [2.45, 2.75) is 40.2 Å². The van der Waals surface area contributed by atoms with Gasteiger partial charge < -0.3 is 14.8 Å². The van der Waals surface area contributed by atoms with Gasteiger partial charge in [0.15, 0.2) is 0 Å². The molecule has 3 rings (SSSR count). The van der Waals surface area contributed by atoms with Crippen molar-refractivity contribution in [3.05, 3.63) is 45.8 Å². The van der Waals surface area contributed by atoms with E-state index in [0.29, 0.717) is 12.2 Å². The zero-order chi connectivity index (χ0) is 21.7. The van der Waals surface area contributed by atoms with E-state index in [4.69, 9.17) is 9.47 Å². The molecule has 1 aliphatic rings. The first-order chi connectivity index (χ1) is 14.4. The van der Waals surface area contributed by atoms with E-state index in [0.717, 1.165) is 48.8 Å². The number of hydrogen-bond donors (Lipinski definition) is 1. The van der Waals surface area contributed by atoms with Crippen molar-refractivity contribution in [1.29, 1.82) is 0 Å². The molecule has 0 unspecified atom stereocenters. The van der Waals surface area contributed by atoms with Gasteiger partial charge in [-0.05, 0) is 76.5 Å². The third-order valence-electron chi connectivity index (χ3n) is 5.68. The Balaban J connectivity index is 1.66. The zero-order valence-corrected chi connectivity index (χ0v) is 18.9. The lowest BCUT2D eigenvalue weighted by molar-refractivity contribution is -0.149. The predicted molar refractivity (Wildman–Crippen MR) is 119 cm³/mol. The summed E-state index contributed by atoms with van der Waals surface area (Å²) in [7, 11) is 1.61. The highest BCUT2D eigenvalue weighted by molar-refractivity contribution is 7.16. The minimum absolute atomic E-state index is 0.000697. The van der Waals surface area contributed by atoms with Gasteiger partial charge in [-0.1, -0.05) is 0 Å². The molecule has 1 aromatic heterocycles. The molecule has 7 heteroatoms. The molecular formula is C23H30N2O4S. The van der Waals surface area contributed by atoms with Gasteiger partial charge in [-0.15, -0.1) is 11.3 Å². The van der Waals surface area contributed by atoms with Crippen LogP contribution in [0.3, 0.4) is 0 Å². The summed E-state index contributed by atoms with van der Waals surface area (Å²) >= 11 is 1.61. The number of anilines is 1. The number of aryl methyl sites for hydroxylation is 1. The lowest BCUT2D eigenvalue weighted by Crippen LogP contribution is -2.36. The lowest BCUT2D eigenvalue weighted by atomic mass is 9.96. The number of rotatable bonds is 7. The molecule has 6 nitrogen and oxygen atoms in total. The Morgan fingerprint density at radius 3 is 2.43 bits per heavy atom. The first-order valence-electron chi connectivity index (χ1n) is 10.4. The van der Waals surface area contributed by atoms with Gasteiger partial charge in [0.1, 0.15) is 10.8 Å². The zero-order valence-electron chi connectivity index (χ0n) is 18.1. The van der Waals surface area contributed by atoms with Gasteiger partial charge in [0, 0.05) is 22.5 Å². The maximum atomic E-state index is 12.7. The van der Waals surface area contributed by atoms with E-state index in [1.165, 1.54) is 10.4 Å². The first kappa shape index (κ1) is 22.3. The van der Waals surface area contributed by atoms with Crippen LogP contribution in [0.5, 0.6) is 5.75 Å². The molecule has 1 amide bonds. The maximum Gasteiger partial charge on any atom is 0.309 e. The normalized spacial score (nSPS) is 15.1. The van der Waals surface area contributed by atoms with Gasteiger partial charge in [-0.3, -0.25) is 14.5 Å². The molecule has 2 aromatic rings. The third-order valence-corrected chi connectivity index (χ3v) is 6.84. The van der Waals surface area contributed by atoms with Gasteiger partial charge >= 0.3 is 5.97 Å². The summed E-state index contributed by atoms with van der Waals surface area (Å²) in [6.45, 7) is 8.94. The molecule has 1 aliphatic heterocycles. The Hall–Kier alpha value is -2.38. The van der Waals surface area contributed by atoms with Crippen LogP contribution in [0.1, 0.15) is 46.1 Å². The van der Waals surface area contributed by atoms with Crippen LogP contribution in [0, 0.1) is 19.8 Å². The summed E-state index contributed by atoms with van der Waals surface area (Å²) < 4.78 is 10.3. The van der Waals surface area contributed by atoms with Crippen LogP contribution in [-0.2, 0) is 16.1 Å². The number of nitrogens with one attached hydrogen (secondary N) is 1. The second-order valence-corrected chi connectivity index (χ2v) is 8.80. The van der Waals surface area contributed by atoms with Gasteiger partial charge in [-0.2, -0.15) is 0 Å². The molecule has 30 heavy (non-hydrogen) atoms. The van der Waals surface area contributed by atoms with Crippen LogP contribution >= 0.6 is 11.3 Å². The molecular weight excluding hydrogens is 400 g/mol. The SMILES string of the molecule is CCOC(=O)C1CCN(Cc2c(NC(=O)c3ccc(OC)cc3)sc(C)c2C)CC1. The van der Waals surface area contributed by atoms with Crippen LogP contribution in [0.15, 0.2) is 24.3 Å². The molecule has 1 fully saturated rings. The van der Waals surface area contributed by atoms with E-state index >= 15 is 0 Å². The summed E-state index contributed by atoms with van der Waals surface area (Å²) in [5, 5.41) is 4.00. The largest absolute Gasteiger partial charge is 0.497 e. The molecule has 0 spiro atoms. The molecule has 2 heterocycles. The fraction of sp³-hybridized carbons (Fsp3) is 0.478. The number of benzene rings is 1. The summed E-state index contributed by atoms with van der Waals surface area (Å²) in [5.74, 6) is 0.523. The molecule has 1 saturated heterocycles. The highest BCUT2D eigenvalue weighted by Crippen LogP contribution is 2.34. The number of nitrogens with zero attached hydrogens (tertiary/aromatic N) is 1. The number of esters is 1. The van der Waals surface area contributed by atoms with E-state index in [9.17, 15) is 9.59 Å². The fourth-order valence-electron chi connectivity index (χ4n) is 3.69. The average Bonchev–Trinajstić information content (AvgIpc) is 3.01. The van der Waals surface area contributed by atoms with Crippen molar-refractivity contribution in [1.82, 2.24) is 4.90 Å². The van der Waals surface area contributed by atoms with Crippen molar-refractivity contribution in [3.63, 3.8) is 0 Å². The fourth-order valence-corrected chi connectivity index (χ4v) is 4.76. The summed E-state index contributed by atoms with van der Waals surface area (Å²) in [6, 6.07) is 7.10. The van der Waals surface area contributed by atoms with Crippen molar-refractivity contribution in [2.24, 2.45) is 5.92 Å². The number of likely N-dealkylation sites (tertiary alicyclic amines) is 1. The number of carbonyl (C=O) groups is 2. The van der Waals surface area contributed by atoms with E-state index in [1.54, 1.807) is 42.7 Å². The standard InChI is InChI=1S/C23H30N2O4S/c1-5-29-23(27)18-10-12-25(13-11-18)14-20-15(2)16(3)30-22(20)24-21(26)17-6-8-19(28-4)9-7-17/h6-9,18H,5,10-14H2,1-4H3,(H,24,26). The number of piperidine rings is 1. The number of ether oxygens (including phenoxy) is 2. The quantitative estimate of drug-likeness (QED) is 0.660. The van der Waals surface area contributed by atoms with Crippen LogP contribution < -0.4 is 10.1 Å². The van der Waals surface area contributed by atoms with Crippen molar-refractivity contribution < 1.29 is 19.1 Å². The molecule has 1 aromatic carbocycles. The molecule has 0 atom stereocenters. The van der Waals surface area contributed by atoms with Crippen molar-refractivity contribution in [2.75, 3.05) is 32.1 Å². The van der Waals surface area contributed by atoms with E-state index < -0.39 is 0 Å². The number of hydrogen-bond acceptors (Lipinski definition) is 6. The molecule has 162 valence electrons. The van der Waals surface area contributed by atoms with Crippen LogP contribution in [0.25, 0.3) is 0 Å². The Morgan fingerprint density at radius 2 is 1.83 bits per heavy atom. The second-order valence-electron chi connectivity index (χ2n) is 7.58. The van der Waals surface area contributed by atoms with Gasteiger partial charge in [0.05, 0.1) is 19.6 Å². The van der Waals surface area contributed by atoms with Crippen LogP contribution in [0.2, 0.25) is 0 Å². The Labute approximate surface area is 182 Å². The summed E-state index contributed by atoms with van der Waals surface area (Å²) in [4.78, 5) is 28.3. The Morgan fingerprint density at radius 1 is 1.17 bits per heavy atom. The lowest BCUT2D eigenvalue weighted by Gasteiger charge is -2.31. The van der Waals surface area contributed by atoms with Crippen LogP contribution in [0.4, 0.5) is 5.00 Å². The number of carbonyl (C=O) groups excluding carboxylic acids is 2. The van der Waals surface area contributed by atoms with Gasteiger partial charge in [0.25, 0.3) is 5.91 Å². The minimum Gasteiger partial charge on any atom is -0.497 e. The summed E-state index contributed by atoms with van der Waals surface area (Å²) in [5.41, 5.74) is 2.98. The monoisotopic (exact) mass is 430 g/mol. The van der Waals surface area contributed by atoms with Crippen molar-refractivity contribution >= 4 is 28.2 Å². The summed E-state index contributed by atoms with van der Waals surface area (Å²) in [6.07, 6.45) is 1.63. The maximum absolute atomic E-state index is 12.7. The predicted octanol–water partition coefficient (Wildman–Crippen LogP) is 4.40. The van der Waals surface area contributed by atoms with E-state index in [-0.39, 0.29) is 17.8 Å². The average molecular weight is 431 g/mol. The molecule has 0 aliphatic carbocycles. The number of thiophene rings is 1. The number of methoxy groups -OCH3 is 1. The molecule has 0 bridgehead atoms. The highest BCUT2D eigenvalue weighted by atomic mass is 32.1. The van der Waals surface area contributed by atoms with Crippen LogP contribution in [-0.4, -0.2) is 43.6 Å². The third kappa shape index (κ3) is 5.21. The Kier molecular flexibility index (Phi) is 7.50. The first-order valence-corrected chi connectivity index (χ1v) is 11.2. The second kappa shape index (κ2) is 10.1. The minimum atomic E-state index is -0.124. The van der Waals surface area contributed by atoms with E-state index in [1.807, 2.05) is 6.92 Å². The smallest absolute Gasteiger partial charge is 0.309 e. The molecule has 1 N–H and O–H groups in total. The van der Waals surface area contributed by atoms with Gasteiger partial charge in [0.2, 0.25) is 0 Å². The highest BCUT2D eigenvalue weighted by Gasteiger charge is 2.27. The van der Waals surface area contributed by atoms with E-state index in [2.05, 4.69) is 24.1 Å². The van der Waals surface area contributed by atoms with Crippen molar-refractivity contribution in [3.8, 4) is 5.75 Å².